The maximum Gasteiger partial charge on any atom is 0.293 e. The van der Waals surface area contributed by atoms with Gasteiger partial charge in [-0.15, -0.1) is 0 Å². The van der Waals surface area contributed by atoms with Crippen molar-refractivity contribution in [3.63, 3.8) is 0 Å². The molecule has 1 aliphatic heterocycles. The summed E-state index contributed by atoms with van der Waals surface area (Å²) < 4.78 is 0. The molecule has 0 saturated carbocycles. The maximum absolute atomic E-state index is 12.5. The predicted octanol–water partition coefficient (Wildman–Crippen LogP) is 5.05. The van der Waals surface area contributed by atoms with Gasteiger partial charge in [0.1, 0.15) is 0 Å². The molecule has 0 aliphatic carbocycles. The van der Waals surface area contributed by atoms with Gasteiger partial charge in [-0.3, -0.25) is 14.5 Å². The molecule has 0 spiro atoms. The lowest BCUT2D eigenvalue weighted by molar-refractivity contribution is -0.123. The van der Waals surface area contributed by atoms with E-state index in [2.05, 4.69) is 26.0 Å². The van der Waals surface area contributed by atoms with E-state index in [-0.39, 0.29) is 11.1 Å². The van der Waals surface area contributed by atoms with Gasteiger partial charge in [0.15, 0.2) is 0 Å². The molecule has 1 heterocycles. The number of imide groups is 1. The highest BCUT2D eigenvalue weighted by atomic mass is 32.2. The molecule has 2 aromatic carbocycles. The highest BCUT2D eigenvalue weighted by Crippen LogP contribution is 2.33. The van der Waals surface area contributed by atoms with Gasteiger partial charge >= 0.3 is 0 Å². The van der Waals surface area contributed by atoms with Gasteiger partial charge in [-0.1, -0.05) is 68.4 Å². The minimum atomic E-state index is -0.221. The fourth-order valence-electron chi connectivity index (χ4n) is 2.53. The number of carbonyl (C=O) groups excluding carboxylic acids is 2. The van der Waals surface area contributed by atoms with Crippen molar-refractivity contribution in [3.8, 4) is 0 Å². The molecule has 0 radical (unpaired) electrons. The summed E-state index contributed by atoms with van der Waals surface area (Å²) in [7, 11) is 0. The Kier molecular flexibility index (Phi) is 4.86. The molecule has 1 aliphatic rings. The number of amides is 2. The van der Waals surface area contributed by atoms with Crippen molar-refractivity contribution in [2.75, 3.05) is 0 Å². The van der Waals surface area contributed by atoms with Gasteiger partial charge in [-0.2, -0.15) is 0 Å². The highest BCUT2D eigenvalue weighted by molar-refractivity contribution is 8.18. The molecule has 1 saturated heterocycles. The van der Waals surface area contributed by atoms with E-state index in [0.717, 1.165) is 22.9 Å². The van der Waals surface area contributed by atoms with Gasteiger partial charge in [0.05, 0.1) is 11.4 Å². The topological polar surface area (TPSA) is 37.4 Å². The largest absolute Gasteiger partial charge is 0.293 e. The van der Waals surface area contributed by atoms with E-state index >= 15 is 0 Å². The third-order valence-electron chi connectivity index (χ3n) is 3.96. The first kappa shape index (κ1) is 16.5. The van der Waals surface area contributed by atoms with Crippen molar-refractivity contribution in [1.82, 2.24) is 4.90 Å². The molecule has 0 aromatic heterocycles. The van der Waals surface area contributed by atoms with Gasteiger partial charge in [0.2, 0.25) is 0 Å². The lowest BCUT2D eigenvalue weighted by Crippen LogP contribution is -2.27. The Balaban J connectivity index is 1.78. The standard InChI is InChI=1S/C20H19NO2S/c1-14(2)17-10-8-15(9-11-17)12-18-19(22)21(20(23)24-18)13-16-6-4-3-5-7-16/h3-12,14H,13H2,1-2H3. The molecule has 2 aromatic rings. The first-order valence-corrected chi connectivity index (χ1v) is 8.75. The molecule has 0 atom stereocenters. The van der Waals surface area contributed by atoms with Crippen LogP contribution < -0.4 is 0 Å². The number of hydrogen-bond acceptors (Lipinski definition) is 3. The minimum absolute atomic E-state index is 0.214. The van der Waals surface area contributed by atoms with Crippen molar-refractivity contribution in [2.24, 2.45) is 0 Å². The molecular formula is C20H19NO2S. The molecule has 0 bridgehead atoms. The summed E-state index contributed by atoms with van der Waals surface area (Å²) >= 11 is 1.00. The Bertz CT molecular complexity index is 779. The lowest BCUT2D eigenvalue weighted by Gasteiger charge is -2.12. The van der Waals surface area contributed by atoms with Gasteiger partial charge in [-0.05, 0) is 40.4 Å². The molecule has 24 heavy (non-hydrogen) atoms. The van der Waals surface area contributed by atoms with Crippen LogP contribution in [0.5, 0.6) is 0 Å². The third-order valence-corrected chi connectivity index (χ3v) is 4.87. The molecule has 1 fully saturated rings. The number of hydrogen-bond donors (Lipinski definition) is 0. The molecule has 0 unspecified atom stereocenters. The van der Waals surface area contributed by atoms with Crippen LogP contribution in [0.2, 0.25) is 0 Å². The number of nitrogens with zero attached hydrogens (tertiary/aromatic N) is 1. The molecule has 122 valence electrons. The third kappa shape index (κ3) is 3.60. The van der Waals surface area contributed by atoms with Crippen molar-refractivity contribution >= 4 is 29.0 Å². The fourth-order valence-corrected chi connectivity index (χ4v) is 3.37. The first-order valence-electron chi connectivity index (χ1n) is 7.94. The van der Waals surface area contributed by atoms with E-state index in [4.69, 9.17) is 0 Å². The van der Waals surface area contributed by atoms with Crippen LogP contribution in [-0.4, -0.2) is 16.0 Å². The molecule has 4 heteroatoms. The molecule has 2 amide bonds. The minimum Gasteiger partial charge on any atom is -0.268 e. The van der Waals surface area contributed by atoms with E-state index in [0.29, 0.717) is 17.4 Å². The Morgan fingerprint density at radius 1 is 1.00 bits per heavy atom. The van der Waals surface area contributed by atoms with Crippen molar-refractivity contribution < 1.29 is 9.59 Å². The van der Waals surface area contributed by atoms with Gasteiger partial charge in [-0.25, -0.2) is 0 Å². The number of rotatable bonds is 4. The van der Waals surface area contributed by atoms with Crippen LogP contribution in [0.4, 0.5) is 4.79 Å². The smallest absolute Gasteiger partial charge is 0.268 e. The van der Waals surface area contributed by atoms with E-state index in [1.165, 1.54) is 10.5 Å². The molecule has 0 N–H and O–H groups in total. The van der Waals surface area contributed by atoms with Crippen molar-refractivity contribution in [1.29, 1.82) is 0 Å². The normalized spacial score (nSPS) is 16.5. The molecular weight excluding hydrogens is 318 g/mol. The van der Waals surface area contributed by atoms with Crippen molar-refractivity contribution in [2.45, 2.75) is 26.3 Å². The van der Waals surface area contributed by atoms with Gasteiger partial charge in [0.25, 0.3) is 11.1 Å². The summed E-state index contributed by atoms with van der Waals surface area (Å²) in [6, 6.07) is 17.6. The summed E-state index contributed by atoms with van der Waals surface area (Å²) in [5, 5.41) is -0.214. The zero-order chi connectivity index (χ0) is 17.1. The monoisotopic (exact) mass is 337 g/mol. The Morgan fingerprint density at radius 2 is 1.67 bits per heavy atom. The van der Waals surface area contributed by atoms with Crippen LogP contribution in [0.1, 0.15) is 36.5 Å². The highest BCUT2D eigenvalue weighted by Gasteiger charge is 2.34. The van der Waals surface area contributed by atoms with E-state index in [1.54, 1.807) is 6.08 Å². The number of carbonyl (C=O) groups is 2. The summed E-state index contributed by atoms with van der Waals surface area (Å²) in [5.74, 6) is 0.249. The van der Waals surface area contributed by atoms with Crippen LogP contribution in [0, 0.1) is 0 Å². The summed E-state index contributed by atoms with van der Waals surface area (Å²) in [5.41, 5.74) is 3.14. The SMILES string of the molecule is CC(C)c1ccc(C=C2SC(=O)N(Cc3ccccc3)C2=O)cc1. The lowest BCUT2D eigenvalue weighted by atomic mass is 10.0. The quantitative estimate of drug-likeness (QED) is 0.733. The predicted molar refractivity (Wildman–Crippen MR) is 98.5 cm³/mol. The van der Waals surface area contributed by atoms with Crippen LogP contribution in [0.15, 0.2) is 59.5 Å². The fraction of sp³-hybridized carbons (Fsp3) is 0.200. The average Bonchev–Trinajstić information content (AvgIpc) is 2.84. The summed E-state index contributed by atoms with van der Waals surface area (Å²) in [4.78, 5) is 26.5. The second-order valence-corrected chi connectivity index (χ2v) is 7.07. The zero-order valence-electron chi connectivity index (χ0n) is 13.7. The zero-order valence-corrected chi connectivity index (χ0v) is 14.5. The summed E-state index contributed by atoms with van der Waals surface area (Å²) in [6.07, 6.45) is 1.79. The summed E-state index contributed by atoms with van der Waals surface area (Å²) in [6.45, 7) is 4.60. The second kappa shape index (κ2) is 7.05. The van der Waals surface area contributed by atoms with E-state index < -0.39 is 0 Å². The van der Waals surface area contributed by atoms with Gasteiger partial charge < -0.3 is 0 Å². The van der Waals surface area contributed by atoms with E-state index in [1.807, 2.05) is 42.5 Å². The van der Waals surface area contributed by atoms with Crippen LogP contribution in [0.25, 0.3) is 6.08 Å². The van der Waals surface area contributed by atoms with Crippen LogP contribution in [-0.2, 0) is 11.3 Å². The Morgan fingerprint density at radius 3 is 2.29 bits per heavy atom. The first-order chi connectivity index (χ1) is 11.5. The Hall–Kier alpha value is -2.33. The van der Waals surface area contributed by atoms with Crippen LogP contribution in [0.3, 0.4) is 0 Å². The molecule has 3 rings (SSSR count). The Labute approximate surface area is 146 Å². The number of benzene rings is 2. The van der Waals surface area contributed by atoms with Gasteiger partial charge in [0, 0.05) is 0 Å². The van der Waals surface area contributed by atoms with E-state index in [9.17, 15) is 9.59 Å². The average molecular weight is 337 g/mol. The molecule has 3 nitrogen and oxygen atoms in total. The van der Waals surface area contributed by atoms with Crippen LogP contribution >= 0.6 is 11.8 Å². The second-order valence-electron chi connectivity index (χ2n) is 6.07. The number of thioether (sulfide) groups is 1. The van der Waals surface area contributed by atoms with Crippen molar-refractivity contribution in [3.05, 3.63) is 76.2 Å². The maximum atomic E-state index is 12.5.